The number of rotatable bonds is 5. The van der Waals surface area contributed by atoms with Crippen molar-refractivity contribution in [2.75, 3.05) is 12.4 Å². The predicted molar refractivity (Wildman–Crippen MR) is 113 cm³/mol. The second-order valence-corrected chi connectivity index (χ2v) is 7.73. The van der Waals surface area contributed by atoms with Crippen molar-refractivity contribution < 1.29 is 23.8 Å². The lowest BCUT2D eigenvalue weighted by atomic mass is 10.1. The number of carboxylic acid groups (broad SMARTS) is 1. The van der Waals surface area contributed by atoms with E-state index in [0.29, 0.717) is 5.56 Å². The molecule has 0 bridgehead atoms. The van der Waals surface area contributed by atoms with Gasteiger partial charge in [0.1, 0.15) is 22.2 Å². The highest BCUT2D eigenvalue weighted by atomic mass is 35.5. The number of carbonyl (C=O) groups excluding carboxylic acids is 1. The highest BCUT2D eigenvalue weighted by Crippen LogP contribution is 2.41. The Morgan fingerprint density at radius 1 is 1.14 bits per heavy atom. The number of methoxy groups -OCH3 is 1. The lowest BCUT2D eigenvalue weighted by molar-refractivity contribution is 0.0699. The van der Waals surface area contributed by atoms with Crippen molar-refractivity contribution in [3.05, 3.63) is 67.7 Å². The zero-order chi connectivity index (χ0) is 21.3. The summed E-state index contributed by atoms with van der Waals surface area (Å²) in [6, 6.07) is 6.82. The molecule has 0 aliphatic rings. The SMILES string of the molecule is COc1cc(Cl)c(C(=O)Nc2csc(-c3cccc(F)c3)c2C(=O)O)c(Cl)c1Cl. The summed E-state index contributed by atoms with van der Waals surface area (Å²) in [5.41, 5.74) is 0.0806. The molecule has 1 heterocycles. The smallest absolute Gasteiger partial charge is 0.339 e. The minimum Gasteiger partial charge on any atom is -0.495 e. The van der Waals surface area contributed by atoms with Crippen molar-refractivity contribution in [3.8, 4) is 16.2 Å². The monoisotopic (exact) mass is 473 g/mol. The summed E-state index contributed by atoms with van der Waals surface area (Å²) in [7, 11) is 1.37. The number of nitrogens with one attached hydrogen (secondary N) is 1. The lowest BCUT2D eigenvalue weighted by Gasteiger charge is -2.12. The van der Waals surface area contributed by atoms with Crippen LogP contribution in [0.4, 0.5) is 10.1 Å². The summed E-state index contributed by atoms with van der Waals surface area (Å²) in [5, 5.41) is 13.4. The van der Waals surface area contributed by atoms with Gasteiger partial charge >= 0.3 is 5.97 Å². The molecule has 150 valence electrons. The molecule has 0 atom stereocenters. The topological polar surface area (TPSA) is 75.6 Å². The van der Waals surface area contributed by atoms with E-state index < -0.39 is 17.7 Å². The van der Waals surface area contributed by atoms with Gasteiger partial charge < -0.3 is 15.2 Å². The van der Waals surface area contributed by atoms with Crippen LogP contribution in [0.5, 0.6) is 5.75 Å². The Morgan fingerprint density at radius 2 is 1.86 bits per heavy atom. The summed E-state index contributed by atoms with van der Waals surface area (Å²) in [4.78, 5) is 24.9. The summed E-state index contributed by atoms with van der Waals surface area (Å²) < 4.78 is 18.6. The molecule has 0 aliphatic carbocycles. The highest BCUT2D eigenvalue weighted by Gasteiger charge is 2.25. The van der Waals surface area contributed by atoms with Crippen LogP contribution in [0.3, 0.4) is 0 Å². The van der Waals surface area contributed by atoms with Gasteiger partial charge in [-0.25, -0.2) is 9.18 Å². The van der Waals surface area contributed by atoms with Gasteiger partial charge in [-0.1, -0.05) is 46.9 Å². The number of amides is 1. The van der Waals surface area contributed by atoms with Gasteiger partial charge in [0.05, 0.1) is 33.3 Å². The molecule has 0 saturated carbocycles. The van der Waals surface area contributed by atoms with Crippen LogP contribution in [-0.2, 0) is 0 Å². The number of thiophene rings is 1. The Balaban J connectivity index is 2.03. The van der Waals surface area contributed by atoms with E-state index in [1.54, 1.807) is 6.07 Å². The summed E-state index contributed by atoms with van der Waals surface area (Å²) in [5.74, 6) is -2.36. The molecular weight excluding hydrogens is 464 g/mol. The van der Waals surface area contributed by atoms with E-state index in [-0.39, 0.29) is 42.5 Å². The van der Waals surface area contributed by atoms with Gasteiger partial charge in [-0.15, -0.1) is 11.3 Å². The standard InChI is InChI=1S/C19H11Cl3FNO4S/c1-28-12-6-10(20)13(16(22)15(12)21)18(25)24-11-7-29-17(14(11)19(26)27)8-3-2-4-9(23)5-8/h2-7H,1H3,(H,24,25)(H,26,27). The molecule has 5 nitrogen and oxygen atoms in total. The first kappa shape index (κ1) is 21.4. The van der Waals surface area contributed by atoms with Crippen molar-refractivity contribution in [1.29, 1.82) is 0 Å². The fraction of sp³-hybridized carbons (Fsp3) is 0.0526. The van der Waals surface area contributed by atoms with E-state index in [0.717, 1.165) is 11.3 Å². The van der Waals surface area contributed by atoms with Crippen LogP contribution >= 0.6 is 46.1 Å². The third-order valence-corrected chi connectivity index (χ3v) is 6.09. The van der Waals surface area contributed by atoms with Crippen molar-refractivity contribution in [1.82, 2.24) is 0 Å². The van der Waals surface area contributed by atoms with Gasteiger partial charge in [-0.2, -0.15) is 0 Å². The van der Waals surface area contributed by atoms with Crippen LogP contribution in [0.1, 0.15) is 20.7 Å². The molecule has 0 fully saturated rings. The number of hydrogen-bond donors (Lipinski definition) is 2. The van der Waals surface area contributed by atoms with Gasteiger partial charge in [-0.3, -0.25) is 4.79 Å². The van der Waals surface area contributed by atoms with Crippen LogP contribution in [-0.4, -0.2) is 24.1 Å². The van der Waals surface area contributed by atoms with Gasteiger partial charge in [0.25, 0.3) is 5.91 Å². The first-order valence-electron chi connectivity index (χ1n) is 7.88. The van der Waals surface area contributed by atoms with E-state index in [2.05, 4.69) is 5.32 Å². The van der Waals surface area contributed by atoms with Crippen molar-refractivity contribution in [3.63, 3.8) is 0 Å². The Bertz CT molecular complexity index is 1130. The number of hydrogen-bond acceptors (Lipinski definition) is 4. The normalized spacial score (nSPS) is 10.7. The second kappa shape index (κ2) is 8.59. The number of carbonyl (C=O) groups is 2. The lowest BCUT2D eigenvalue weighted by Crippen LogP contribution is -2.15. The third kappa shape index (κ3) is 4.18. The molecule has 0 aliphatic heterocycles. The van der Waals surface area contributed by atoms with Gasteiger partial charge in [-0.05, 0) is 17.7 Å². The molecule has 2 aromatic carbocycles. The summed E-state index contributed by atoms with van der Waals surface area (Å²) in [6.07, 6.45) is 0. The number of halogens is 4. The fourth-order valence-corrected chi connectivity index (χ4v) is 4.44. The third-order valence-electron chi connectivity index (χ3n) is 3.91. The number of aromatic carboxylic acids is 1. The average molecular weight is 475 g/mol. The molecule has 0 radical (unpaired) electrons. The molecule has 2 N–H and O–H groups in total. The second-order valence-electron chi connectivity index (χ2n) is 5.69. The minimum absolute atomic E-state index is 0.00653. The Hall–Kier alpha value is -2.32. The quantitative estimate of drug-likeness (QED) is 0.415. The number of anilines is 1. The maximum Gasteiger partial charge on any atom is 0.339 e. The fourth-order valence-electron chi connectivity index (χ4n) is 2.62. The zero-order valence-electron chi connectivity index (χ0n) is 14.6. The number of carboxylic acids is 1. The highest BCUT2D eigenvalue weighted by molar-refractivity contribution is 7.14. The molecule has 0 saturated heterocycles. The largest absolute Gasteiger partial charge is 0.495 e. The van der Waals surface area contributed by atoms with Crippen LogP contribution in [0, 0.1) is 5.82 Å². The van der Waals surface area contributed by atoms with Crippen molar-refractivity contribution in [2.24, 2.45) is 0 Å². The van der Waals surface area contributed by atoms with E-state index in [1.807, 2.05) is 0 Å². The van der Waals surface area contributed by atoms with E-state index in [9.17, 15) is 19.1 Å². The number of ether oxygens (including phenoxy) is 1. The number of benzene rings is 2. The molecule has 3 rings (SSSR count). The molecule has 0 unspecified atom stereocenters. The maximum absolute atomic E-state index is 13.5. The van der Waals surface area contributed by atoms with Crippen LogP contribution in [0.25, 0.3) is 10.4 Å². The minimum atomic E-state index is -1.29. The zero-order valence-corrected chi connectivity index (χ0v) is 17.6. The molecule has 29 heavy (non-hydrogen) atoms. The summed E-state index contributed by atoms with van der Waals surface area (Å²) in [6.45, 7) is 0. The van der Waals surface area contributed by atoms with Crippen LogP contribution in [0.2, 0.25) is 15.1 Å². The molecule has 3 aromatic rings. The van der Waals surface area contributed by atoms with E-state index in [1.165, 1.54) is 36.8 Å². The van der Waals surface area contributed by atoms with E-state index in [4.69, 9.17) is 39.5 Å². The van der Waals surface area contributed by atoms with Gasteiger partial charge in [0.2, 0.25) is 0 Å². The first-order valence-corrected chi connectivity index (χ1v) is 9.89. The molecular formula is C19H11Cl3FNO4S. The Labute approximate surface area is 183 Å². The van der Waals surface area contributed by atoms with Crippen LogP contribution in [0.15, 0.2) is 35.7 Å². The van der Waals surface area contributed by atoms with Gasteiger partial charge in [0.15, 0.2) is 0 Å². The predicted octanol–water partition coefficient (Wildman–Crippen LogP) is 6.47. The van der Waals surface area contributed by atoms with E-state index >= 15 is 0 Å². The molecule has 10 heteroatoms. The molecule has 0 spiro atoms. The molecule has 1 aromatic heterocycles. The first-order chi connectivity index (χ1) is 13.7. The van der Waals surface area contributed by atoms with Crippen LogP contribution < -0.4 is 10.1 Å². The maximum atomic E-state index is 13.5. The molecule has 1 amide bonds. The Kier molecular flexibility index (Phi) is 6.33. The van der Waals surface area contributed by atoms with Crippen molar-refractivity contribution >= 4 is 63.7 Å². The Morgan fingerprint density at radius 3 is 2.48 bits per heavy atom. The van der Waals surface area contributed by atoms with Crippen molar-refractivity contribution in [2.45, 2.75) is 0 Å². The van der Waals surface area contributed by atoms with Gasteiger partial charge in [0, 0.05) is 11.4 Å². The average Bonchev–Trinajstić information content (AvgIpc) is 3.08. The summed E-state index contributed by atoms with van der Waals surface area (Å²) >= 11 is 19.4.